The summed E-state index contributed by atoms with van der Waals surface area (Å²) >= 11 is 0. The maximum Gasteiger partial charge on any atom is 0.179 e. The molecule has 0 N–H and O–H groups in total. The highest BCUT2D eigenvalue weighted by atomic mass is 32.2. The van der Waals surface area contributed by atoms with Gasteiger partial charge < -0.3 is 9.64 Å². The van der Waals surface area contributed by atoms with Gasteiger partial charge in [0.05, 0.1) is 17.8 Å². The van der Waals surface area contributed by atoms with Crippen molar-refractivity contribution in [1.82, 2.24) is 4.90 Å². The molecule has 1 aromatic rings. The highest BCUT2D eigenvalue weighted by molar-refractivity contribution is 7.91. The van der Waals surface area contributed by atoms with Gasteiger partial charge in [0.15, 0.2) is 9.84 Å². The predicted molar refractivity (Wildman–Crippen MR) is 98.3 cm³/mol. The Labute approximate surface area is 147 Å². The largest absolute Gasteiger partial charge is 0.497 e. The van der Waals surface area contributed by atoms with Crippen LogP contribution in [0.2, 0.25) is 0 Å². The van der Waals surface area contributed by atoms with Crippen molar-refractivity contribution in [2.75, 3.05) is 32.5 Å². The zero-order valence-corrected chi connectivity index (χ0v) is 16.2. The molecule has 0 amide bonds. The Morgan fingerprint density at radius 1 is 1.21 bits per heavy atom. The lowest BCUT2D eigenvalue weighted by molar-refractivity contribution is 0.210. The average Bonchev–Trinajstić information content (AvgIpc) is 2.78. The number of benzene rings is 1. The standard InChI is InChI=1S/C19H31NO3S/c1-19(2,3)16-7-6-11-20(12-10-16)13-14-24(21,22)18-9-5-8-17(15-18)23-4/h5,8-9,15-16H,6-7,10-14H2,1-4H3/t16-/m0/s1. The summed E-state index contributed by atoms with van der Waals surface area (Å²) in [4.78, 5) is 2.66. The van der Waals surface area contributed by atoms with Gasteiger partial charge in [-0.25, -0.2) is 8.42 Å². The van der Waals surface area contributed by atoms with E-state index in [0.29, 0.717) is 22.6 Å². The number of likely N-dealkylation sites (tertiary alicyclic amines) is 1. The Kier molecular flexibility index (Phi) is 6.32. The first-order chi connectivity index (χ1) is 11.2. The fourth-order valence-electron chi connectivity index (χ4n) is 3.41. The Hall–Kier alpha value is -1.07. The topological polar surface area (TPSA) is 46.6 Å². The lowest BCUT2D eigenvalue weighted by Gasteiger charge is -2.29. The monoisotopic (exact) mass is 353 g/mol. The smallest absolute Gasteiger partial charge is 0.179 e. The molecule has 1 aromatic carbocycles. The molecule has 1 heterocycles. The number of hydrogen-bond donors (Lipinski definition) is 0. The number of nitrogens with zero attached hydrogens (tertiary/aromatic N) is 1. The summed E-state index contributed by atoms with van der Waals surface area (Å²) in [7, 11) is -1.72. The molecule has 136 valence electrons. The van der Waals surface area contributed by atoms with Gasteiger partial charge in [-0.3, -0.25) is 0 Å². The molecule has 0 aromatic heterocycles. The lowest BCUT2D eigenvalue weighted by Crippen LogP contribution is -2.31. The summed E-state index contributed by atoms with van der Waals surface area (Å²) < 4.78 is 30.3. The van der Waals surface area contributed by atoms with Crippen LogP contribution in [0, 0.1) is 11.3 Å². The molecule has 0 spiro atoms. The summed E-state index contributed by atoms with van der Waals surface area (Å²) in [5, 5.41) is 0. The number of rotatable bonds is 5. The van der Waals surface area contributed by atoms with Gasteiger partial charge in [-0.15, -0.1) is 0 Å². The van der Waals surface area contributed by atoms with Gasteiger partial charge in [-0.2, -0.15) is 0 Å². The molecule has 1 atom stereocenters. The predicted octanol–water partition coefficient (Wildman–Crippen LogP) is 3.62. The maximum absolute atomic E-state index is 12.6. The van der Waals surface area contributed by atoms with Crippen molar-refractivity contribution in [3.8, 4) is 5.75 Å². The van der Waals surface area contributed by atoms with Crippen LogP contribution in [0.15, 0.2) is 29.2 Å². The first-order valence-corrected chi connectivity index (χ1v) is 10.5. The van der Waals surface area contributed by atoms with Crippen molar-refractivity contribution in [2.45, 2.75) is 44.9 Å². The Morgan fingerprint density at radius 2 is 1.96 bits per heavy atom. The second-order valence-corrected chi connectivity index (χ2v) is 9.94. The van der Waals surface area contributed by atoms with E-state index in [0.717, 1.165) is 31.8 Å². The molecule has 4 nitrogen and oxygen atoms in total. The average molecular weight is 354 g/mol. The molecule has 1 fully saturated rings. The minimum atomic E-state index is -3.27. The van der Waals surface area contributed by atoms with Crippen molar-refractivity contribution in [2.24, 2.45) is 11.3 Å². The third-order valence-corrected chi connectivity index (χ3v) is 6.81. The highest BCUT2D eigenvalue weighted by Crippen LogP contribution is 2.34. The van der Waals surface area contributed by atoms with E-state index < -0.39 is 9.84 Å². The van der Waals surface area contributed by atoms with Crippen molar-refractivity contribution in [1.29, 1.82) is 0 Å². The summed E-state index contributed by atoms with van der Waals surface area (Å²) in [6.07, 6.45) is 3.55. The van der Waals surface area contributed by atoms with Crippen LogP contribution < -0.4 is 4.74 Å². The number of hydrogen-bond acceptors (Lipinski definition) is 4. The summed E-state index contributed by atoms with van der Waals surface area (Å²) in [5.41, 5.74) is 0.336. The summed E-state index contributed by atoms with van der Waals surface area (Å²) in [6, 6.07) is 6.75. The van der Waals surface area contributed by atoms with Crippen LogP contribution in [0.5, 0.6) is 5.75 Å². The van der Waals surface area contributed by atoms with E-state index in [1.807, 2.05) is 0 Å². The normalized spacial score (nSPS) is 20.6. The first-order valence-electron chi connectivity index (χ1n) is 8.81. The van der Waals surface area contributed by atoms with Gasteiger partial charge in [0.25, 0.3) is 0 Å². The second kappa shape index (κ2) is 7.87. The minimum Gasteiger partial charge on any atom is -0.497 e. The van der Waals surface area contributed by atoms with Gasteiger partial charge >= 0.3 is 0 Å². The molecule has 2 rings (SSSR count). The number of methoxy groups -OCH3 is 1. The van der Waals surface area contributed by atoms with E-state index in [-0.39, 0.29) is 5.75 Å². The van der Waals surface area contributed by atoms with E-state index in [2.05, 4.69) is 25.7 Å². The highest BCUT2D eigenvalue weighted by Gasteiger charge is 2.27. The van der Waals surface area contributed by atoms with Gasteiger partial charge in [0.2, 0.25) is 0 Å². The molecule has 5 heteroatoms. The molecule has 0 bridgehead atoms. The molecular formula is C19H31NO3S. The van der Waals surface area contributed by atoms with Gasteiger partial charge in [-0.05, 0) is 61.9 Å². The van der Waals surface area contributed by atoms with Crippen LogP contribution in [0.25, 0.3) is 0 Å². The first kappa shape index (κ1) is 19.3. The minimum absolute atomic E-state index is 0.167. The van der Waals surface area contributed by atoms with Crippen molar-refractivity contribution >= 4 is 9.84 Å². The Balaban J connectivity index is 1.94. The molecule has 0 radical (unpaired) electrons. The zero-order valence-electron chi connectivity index (χ0n) is 15.4. The van der Waals surface area contributed by atoms with Crippen LogP contribution in [0.1, 0.15) is 40.0 Å². The zero-order chi connectivity index (χ0) is 17.8. The lowest BCUT2D eigenvalue weighted by atomic mass is 9.77. The van der Waals surface area contributed by atoms with E-state index in [1.165, 1.54) is 6.42 Å². The summed E-state index contributed by atoms with van der Waals surface area (Å²) in [6.45, 7) is 9.52. The van der Waals surface area contributed by atoms with Gasteiger partial charge in [0.1, 0.15) is 5.75 Å². The molecule has 1 aliphatic heterocycles. The fraction of sp³-hybridized carbons (Fsp3) is 0.684. The Morgan fingerprint density at radius 3 is 2.62 bits per heavy atom. The molecule has 24 heavy (non-hydrogen) atoms. The molecule has 0 unspecified atom stereocenters. The third kappa shape index (κ3) is 5.21. The Bertz CT molecular complexity index is 634. The molecule has 0 saturated carbocycles. The number of ether oxygens (including phenoxy) is 1. The van der Waals surface area contributed by atoms with E-state index in [4.69, 9.17) is 4.74 Å². The van der Waals surface area contributed by atoms with Crippen LogP contribution in [0.4, 0.5) is 0 Å². The van der Waals surface area contributed by atoms with Crippen molar-refractivity contribution < 1.29 is 13.2 Å². The SMILES string of the molecule is COc1cccc(S(=O)(=O)CCN2CCC[C@H](C(C)(C)C)CC2)c1. The van der Waals surface area contributed by atoms with E-state index in [9.17, 15) is 8.42 Å². The maximum atomic E-state index is 12.6. The van der Waals surface area contributed by atoms with E-state index >= 15 is 0 Å². The van der Waals surface area contributed by atoms with Crippen molar-refractivity contribution in [3.05, 3.63) is 24.3 Å². The van der Waals surface area contributed by atoms with E-state index in [1.54, 1.807) is 31.4 Å². The van der Waals surface area contributed by atoms with Crippen LogP contribution in [-0.2, 0) is 9.84 Å². The summed E-state index contributed by atoms with van der Waals surface area (Å²) in [5.74, 6) is 1.47. The molecule has 1 saturated heterocycles. The fourth-order valence-corrected chi connectivity index (χ4v) is 4.72. The molecular weight excluding hydrogens is 322 g/mol. The quantitative estimate of drug-likeness (QED) is 0.811. The molecule has 1 aliphatic rings. The van der Waals surface area contributed by atoms with Crippen LogP contribution >= 0.6 is 0 Å². The second-order valence-electron chi connectivity index (χ2n) is 7.83. The molecule has 0 aliphatic carbocycles. The van der Waals surface area contributed by atoms with Gasteiger partial charge in [-0.1, -0.05) is 26.8 Å². The van der Waals surface area contributed by atoms with Crippen LogP contribution in [-0.4, -0.2) is 45.8 Å². The van der Waals surface area contributed by atoms with Gasteiger partial charge in [0, 0.05) is 6.54 Å². The van der Waals surface area contributed by atoms with Crippen molar-refractivity contribution in [3.63, 3.8) is 0 Å². The van der Waals surface area contributed by atoms with Crippen LogP contribution in [0.3, 0.4) is 0 Å². The third-order valence-electron chi connectivity index (χ3n) is 5.12. The number of sulfone groups is 1.